The molecular formula is C12H10F2N2O. The van der Waals surface area contributed by atoms with Gasteiger partial charge in [0.05, 0.1) is 17.8 Å². The standard InChI is InChI=1S/C12H10F2N2O/c1-16-5-10-11(6-16)17-12(15-10)8-3-2-7(13)4-9(8)14/h2-4H,5-6H2,1H3. The van der Waals surface area contributed by atoms with Gasteiger partial charge in [0.15, 0.2) is 0 Å². The Balaban J connectivity index is 2.03. The highest BCUT2D eigenvalue weighted by Crippen LogP contribution is 2.29. The normalized spacial score (nSPS) is 15.2. The van der Waals surface area contributed by atoms with Crippen LogP contribution >= 0.6 is 0 Å². The van der Waals surface area contributed by atoms with E-state index in [0.29, 0.717) is 13.1 Å². The number of oxazole rings is 1. The van der Waals surface area contributed by atoms with Crippen molar-refractivity contribution in [1.82, 2.24) is 9.88 Å². The fraction of sp³-hybridized carbons (Fsp3) is 0.250. The summed E-state index contributed by atoms with van der Waals surface area (Å²) in [6.45, 7) is 1.37. The smallest absolute Gasteiger partial charge is 0.229 e. The minimum Gasteiger partial charge on any atom is -0.439 e. The molecule has 0 unspecified atom stereocenters. The molecule has 1 aromatic heterocycles. The highest BCUT2D eigenvalue weighted by molar-refractivity contribution is 5.54. The molecule has 5 heteroatoms. The van der Waals surface area contributed by atoms with Crippen LogP contribution in [-0.2, 0) is 13.1 Å². The third-order valence-corrected chi connectivity index (χ3v) is 2.77. The van der Waals surface area contributed by atoms with Crippen LogP contribution in [0.5, 0.6) is 0 Å². The lowest BCUT2D eigenvalue weighted by Crippen LogP contribution is -2.08. The van der Waals surface area contributed by atoms with Crippen LogP contribution in [0.3, 0.4) is 0 Å². The topological polar surface area (TPSA) is 29.3 Å². The zero-order valence-electron chi connectivity index (χ0n) is 9.20. The Morgan fingerprint density at radius 1 is 1.29 bits per heavy atom. The van der Waals surface area contributed by atoms with Crippen LogP contribution in [0.4, 0.5) is 8.78 Å². The fourth-order valence-corrected chi connectivity index (χ4v) is 1.97. The van der Waals surface area contributed by atoms with Crippen LogP contribution < -0.4 is 0 Å². The molecule has 17 heavy (non-hydrogen) atoms. The van der Waals surface area contributed by atoms with Crippen molar-refractivity contribution in [2.75, 3.05) is 7.05 Å². The van der Waals surface area contributed by atoms with Gasteiger partial charge in [0, 0.05) is 12.6 Å². The molecule has 1 aliphatic heterocycles. The first-order chi connectivity index (χ1) is 8.13. The Morgan fingerprint density at radius 2 is 2.12 bits per heavy atom. The second-order valence-corrected chi connectivity index (χ2v) is 4.19. The first-order valence-corrected chi connectivity index (χ1v) is 5.26. The molecule has 0 N–H and O–H groups in total. The van der Waals surface area contributed by atoms with Crippen molar-refractivity contribution in [3.8, 4) is 11.5 Å². The van der Waals surface area contributed by atoms with E-state index in [0.717, 1.165) is 17.5 Å². The number of benzene rings is 1. The Morgan fingerprint density at radius 3 is 2.82 bits per heavy atom. The molecule has 0 saturated carbocycles. The molecule has 0 radical (unpaired) electrons. The second kappa shape index (κ2) is 3.63. The molecule has 0 atom stereocenters. The van der Waals surface area contributed by atoms with Crippen LogP contribution in [0, 0.1) is 11.6 Å². The maximum Gasteiger partial charge on any atom is 0.229 e. The molecule has 2 aromatic rings. The molecule has 2 heterocycles. The predicted molar refractivity (Wildman–Crippen MR) is 57.0 cm³/mol. The summed E-state index contributed by atoms with van der Waals surface area (Å²) in [7, 11) is 1.95. The van der Waals surface area contributed by atoms with E-state index in [1.54, 1.807) is 0 Å². The van der Waals surface area contributed by atoms with Gasteiger partial charge in [-0.25, -0.2) is 13.8 Å². The van der Waals surface area contributed by atoms with E-state index >= 15 is 0 Å². The SMILES string of the molecule is CN1Cc2nc(-c3ccc(F)cc3F)oc2C1. The van der Waals surface area contributed by atoms with Crippen molar-refractivity contribution in [3.63, 3.8) is 0 Å². The largest absolute Gasteiger partial charge is 0.439 e. The quantitative estimate of drug-likeness (QED) is 0.762. The van der Waals surface area contributed by atoms with Crippen molar-refractivity contribution < 1.29 is 13.2 Å². The molecule has 0 fully saturated rings. The summed E-state index contributed by atoms with van der Waals surface area (Å²) in [6.07, 6.45) is 0. The van der Waals surface area contributed by atoms with Gasteiger partial charge in [0.1, 0.15) is 17.4 Å². The average Bonchev–Trinajstić information content (AvgIpc) is 2.74. The molecule has 3 nitrogen and oxygen atoms in total. The summed E-state index contributed by atoms with van der Waals surface area (Å²) in [6, 6.07) is 3.37. The average molecular weight is 236 g/mol. The Hall–Kier alpha value is -1.75. The van der Waals surface area contributed by atoms with Gasteiger partial charge in [0.25, 0.3) is 0 Å². The summed E-state index contributed by atoms with van der Waals surface area (Å²) in [5, 5.41) is 0. The highest BCUT2D eigenvalue weighted by Gasteiger charge is 2.24. The molecule has 1 aromatic carbocycles. The van der Waals surface area contributed by atoms with Gasteiger partial charge in [-0.3, -0.25) is 4.90 Å². The maximum absolute atomic E-state index is 13.5. The van der Waals surface area contributed by atoms with Gasteiger partial charge in [0.2, 0.25) is 5.89 Å². The van der Waals surface area contributed by atoms with Gasteiger partial charge in [-0.15, -0.1) is 0 Å². The molecule has 0 bridgehead atoms. The van der Waals surface area contributed by atoms with E-state index in [4.69, 9.17) is 4.42 Å². The minimum absolute atomic E-state index is 0.198. The molecule has 0 amide bonds. The zero-order chi connectivity index (χ0) is 12.0. The number of fused-ring (bicyclic) bond motifs is 1. The van der Waals surface area contributed by atoms with Crippen molar-refractivity contribution >= 4 is 0 Å². The van der Waals surface area contributed by atoms with Gasteiger partial charge in [-0.2, -0.15) is 0 Å². The van der Waals surface area contributed by atoms with Gasteiger partial charge >= 0.3 is 0 Å². The molecular weight excluding hydrogens is 226 g/mol. The zero-order valence-corrected chi connectivity index (χ0v) is 9.20. The van der Waals surface area contributed by atoms with E-state index in [2.05, 4.69) is 4.98 Å². The van der Waals surface area contributed by atoms with E-state index in [1.807, 2.05) is 11.9 Å². The number of hydrogen-bond acceptors (Lipinski definition) is 3. The van der Waals surface area contributed by atoms with Crippen LogP contribution in [0.2, 0.25) is 0 Å². The first kappa shape index (κ1) is 10.4. The number of rotatable bonds is 1. The van der Waals surface area contributed by atoms with Crippen molar-refractivity contribution in [1.29, 1.82) is 0 Å². The lowest BCUT2D eigenvalue weighted by molar-refractivity contribution is 0.325. The van der Waals surface area contributed by atoms with Gasteiger partial charge in [-0.05, 0) is 19.2 Å². The third-order valence-electron chi connectivity index (χ3n) is 2.77. The number of halogens is 2. The molecule has 0 saturated heterocycles. The highest BCUT2D eigenvalue weighted by atomic mass is 19.1. The number of aromatic nitrogens is 1. The molecule has 3 rings (SSSR count). The van der Waals surface area contributed by atoms with E-state index < -0.39 is 11.6 Å². The summed E-state index contributed by atoms with van der Waals surface area (Å²) in [5.41, 5.74) is 1.02. The molecule has 88 valence electrons. The van der Waals surface area contributed by atoms with Gasteiger partial charge in [-0.1, -0.05) is 0 Å². The molecule has 1 aliphatic rings. The summed E-state index contributed by atoms with van der Waals surface area (Å²) in [4.78, 5) is 6.28. The monoisotopic (exact) mass is 236 g/mol. The van der Waals surface area contributed by atoms with E-state index in [-0.39, 0.29) is 11.5 Å². The first-order valence-electron chi connectivity index (χ1n) is 5.26. The van der Waals surface area contributed by atoms with E-state index in [1.165, 1.54) is 12.1 Å². The van der Waals surface area contributed by atoms with Crippen LogP contribution in [0.1, 0.15) is 11.5 Å². The Labute approximate surface area is 96.7 Å². The summed E-state index contributed by atoms with van der Waals surface area (Å²) >= 11 is 0. The van der Waals surface area contributed by atoms with Crippen molar-refractivity contribution in [2.45, 2.75) is 13.1 Å². The number of nitrogens with zero attached hydrogens (tertiary/aromatic N) is 2. The summed E-state index contributed by atoms with van der Waals surface area (Å²) in [5.74, 6) is -0.282. The third kappa shape index (κ3) is 1.72. The molecule has 0 spiro atoms. The lowest BCUT2D eigenvalue weighted by atomic mass is 10.2. The lowest BCUT2D eigenvalue weighted by Gasteiger charge is -2.04. The van der Waals surface area contributed by atoms with Crippen LogP contribution in [0.15, 0.2) is 22.6 Å². The minimum atomic E-state index is -0.654. The maximum atomic E-state index is 13.5. The summed E-state index contributed by atoms with van der Waals surface area (Å²) < 4.78 is 31.8. The number of hydrogen-bond donors (Lipinski definition) is 0. The predicted octanol–water partition coefficient (Wildman–Crippen LogP) is 2.57. The van der Waals surface area contributed by atoms with Crippen LogP contribution in [-0.4, -0.2) is 16.9 Å². The van der Waals surface area contributed by atoms with Crippen LogP contribution in [0.25, 0.3) is 11.5 Å². The Kier molecular flexibility index (Phi) is 2.22. The van der Waals surface area contributed by atoms with E-state index in [9.17, 15) is 8.78 Å². The van der Waals surface area contributed by atoms with Gasteiger partial charge < -0.3 is 4.42 Å². The van der Waals surface area contributed by atoms with Crippen molar-refractivity contribution in [2.24, 2.45) is 0 Å². The molecule has 0 aliphatic carbocycles. The fourth-order valence-electron chi connectivity index (χ4n) is 1.97. The second-order valence-electron chi connectivity index (χ2n) is 4.19. The Bertz CT molecular complexity index is 556. The van der Waals surface area contributed by atoms with Crippen molar-refractivity contribution in [3.05, 3.63) is 41.3 Å².